The minimum atomic E-state index is -4.42. The maximum absolute atomic E-state index is 13.4. The van der Waals surface area contributed by atoms with Gasteiger partial charge in [-0.25, -0.2) is 0 Å². The average molecular weight is 615 g/mol. The Morgan fingerprint density at radius 1 is 0.622 bits per heavy atom. The quantitative estimate of drug-likeness (QED) is 0.136. The Labute approximate surface area is 255 Å². The van der Waals surface area contributed by atoms with Crippen LogP contribution in [0.5, 0.6) is 0 Å². The van der Waals surface area contributed by atoms with Crippen LogP contribution >= 0.6 is 0 Å². The molecule has 2 aromatic heterocycles. The zero-order valence-corrected chi connectivity index (χ0v) is 24.9. The van der Waals surface area contributed by atoms with E-state index in [2.05, 4.69) is 32.2 Å². The molecule has 4 aromatic carbocycles. The van der Waals surface area contributed by atoms with E-state index in [0.29, 0.717) is 11.4 Å². The largest absolute Gasteiger partial charge is 0.416 e. The molecule has 2 heterocycles. The molecule has 0 saturated carbocycles. The first kappa shape index (κ1) is 29.0. The molecule has 0 saturated heterocycles. The molecule has 45 heavy (non-hydrogen) atoms. The number of benzene rings is 4. The highest BCUT2D eigenvalue weighted by atomic mass is 19.4. The minimum absolute atomic E-state index is 0.471. The summed E-state index contributed by atoms with van der Waals surface area (Å²) in [5.74, 6) is 0. The molecule has 1 aliphatic rings. The number of halogens is 6. The highest BCUT2D eigenvalue weighted by Gasteiger charge is 2.42. The van der Waals surface area contributed by atoms with Crippen molar-refractivity contribution in [1.82, 2.24) is 0 Å². The van der Waals surface area contributed by atoms with Crippen molar-refractivity contribution in [2.24, 2.45) is 0 Å². The molecule has 0 amide bonds. The van der Waals surface area contributed by atoms with Crippen molar-refractivity contribution in [3.8, 4) is 22.5 Å². The topological polar surface area (TPSA) is 7.76 Å². The molecule has 0 atom stereocenters. The van der Waals surface area contributed by atoms with Crippen LogP contribution in [0.2, 0.25) is 0 Å². The highest BCUT2D eigenvalue weighted by Crippen LogP contribution is 2.53. The fraction of sp³-hybridized carbons (Fsp3) is 0.189. The van der Waals surface area contributed by atoms with E-state index >= 15 is 0 Å². The molecule has 0 radical (unpaired) electrons. The number of aryl methyl sites for hydroxylation is 2. The molecule has 2 nitrogen and oxygen atoms in total. The van der Waals surface area contributed by atoms with Crippen molar-refractivity contribution in [3.05, 3.63) is 131 Å². The fourth-order valence-corrected chi connectivity index (χ4v) is 6.94. The van der Waals surface area contributed by atoms with Gasteiger partial charge in [0.1, 0.15) is 0 Å². The van der Waals surface area contributed by atoms with E-state index in [1.807, 2.05) is 53.6 Å². The number of rotatable bonds is 2. The Hall–Kier alpha value is -4.72. The summed E-state index contributed by atoms with van der Waals surface area (Å²) in [4.78, 5) is 0. The lowest BCUT2D eigenvalue weighted by molar-refractivity contribution is -0.594. The van der Waals surface area contributed by atoms with E-state index in [4.69, 9.17) is 0 Å². The van der Waals surface area contributed by atoms with Crippen molar-refractivity contribution in [3.63, 3.8) is 0 Å². The van der Waals surface area contributed by atoms with Gasteiger partial charge in [0.25, 0.3) is 0 Å². The first-order chi connectivity index (χ1) is 21.2. The third-order valence-corrected chi connectivity index (χ3v) is 9.05. The van der Waals surface area contributed by atoms with Gasteiger partial charge in [0, 0.05) is 62.7 Å². The molecule has 7 rings (SSSR count). The van der Waals surface area contributed by atoms with E-state index in [0.717, 1.165) is 79.3 Å². The second-order valence-electron chi connectivity index (χ2n) is 12.3. The summed E-state index contributed by atoms with van der Waals surface area (Å²) < 4.78 is 83.4. The predicted octanol–water partition coefficient (Wildman–Crippen LogP) is 9.51. The summed E-state index contributed by atoms with van der Waals surface area (Å²) in [5.41, 5.74) is 6.66. The van der Waals surface area contributed by atoms with Gasteiger partial charge < -0.3 is 0 Å². The van der Waals surface area contributed by atoms with Crippen molar-refractivity contribution >= 4 is 21.7 Å². The second-order valence-corrected chi connectivity index (χ2v) is 12.3. The standard InChI is InChI=1S/C37H28F6N2/c1-21-6-5-7-29-32-28-17-8-23-19-44(26-13-9-24(10-14-26)36(38,39)40)18-22(2)31(23)33(28)35(3,4)30(32)20-45(34(21)29)27-15-11-25(12-16-27)37(41,42)43/h5-20H,1-4H3/q+2. The van der Waals surface area contributed by atoms with E-state index in [1.54, 1.807) is 0 Å². The second kappa shape index (κ2) is 9.64. The molecule has 1 aliphatic carbocycles. The van der Waals surface area contributed by atoms with Gasteiger partial charge in [0.15, 0.2) is 18.6 Å². The number of pyridine rings is 2. The smallest absolute Gasteiger partial charge is 0.166 e. The number of aromatic nitrogens is 2. The third kappa shape index (κ3) is 4.49. The molecule has 0 fully saturated rings. The molecule has 0 unspecified atom stereocenters. The van der Waals surface area contributed by atoms with Gasteiger partial charge >= 0.3 is 12.4 Å². The minimum Gasteiger partial charge on any atom is -0.166 e. The molecular weight excluding hydrogens is 586 g/mol. The van der Waals surface area contributed by atoms with Gasteiger partial charge in [0.2, 0.25) is 16.9 Å². The first-order valence-corrected chi connectivity index (χ1v) is 14.5. The molecule has 0 N–H and O–H groups in total. The van der Waals surface area contributed by atoms with Gasteiger partial charge in [-0.05, 0) is 61.4 Å². The predicted molar refractivity (Wildman–Crippen MR) is 162 cm³/mol. The van der Waals surface area contributed by atoms with Gasteiger partial charge in [-0.15, -0.1) is 0 Å². The van der Waals surface area contributed by atoms with E-state index in [9.17, 15) is 26.3 Å². The molecule has 6 aromatic rings. The van der Waals surface area contributed by atoms with Crippen LogP contribution in [0.1, 0.15) is 47.2 Å². The summed E-state index contributed by atoms with van der Waals surface area (Å²) in [6.45, 7) is 8.33. The Morgan fingerprint density at radius 3 is 1.82 bits per heavy atom. The maximum Gasteiger partial charge on any atom is 0.416 e. The van der Waals surface area contributed by atoms with Crippen LogP contribution < -0.4 is 9.13 Å². The SMILES string of the molecule is Cc1c[n+](-c2ccc(C(F)(F)F)cc2)cc2ccc3c(c12)C(C)(C)c1c[n+](-c2ccc(C(F)(F)F)cc2)c2c(C)cccc2c1-3. The Balaban J connectivity index is 1.44. The number of para-hydroxylation sites is 1. The van der Waals surface area contributed by atoms with Crippen molar-refractivity contribution in [2.45, 2.75) is 45.5 Å². The first-order valence-electron chi connectivity index (χ1n) is 14.5. The summed E-state index contributed by atoms with van der Waals surface area (Å²) >= 11 is 0. The number of hydrogen-bond donors (Lipinski definition) is 0. The highest BCUT2D eigenvalue weighted by molar-refractivity contribution is 6.05. The zero-order chi connectivity index (χ0) is 32.1. The van der Waals surface area contributed by atoms with Crippen LogP contribution in [0.4, 0.5) is 26.3 Å². The van der Waals surface area contributed by atoms with Gasteiger partial charge in [0.05, 0.1) is 16.5 Å². The van der Waals surface area contributed by atoms with E-state index in [-0.39, 0.29) is 0 Å². The lowest BCUT2D eigenvalue weighted by atomic mass is 9.80. The Bertz CT molecular complexity index is 2160. The monoisotopic (exact) mass is 614 g/mol. The van der Waals surface area contributed by atoms with Crippen molar-refractivity contribution in [1.29, 1.82) is 0 Å². The average Bonchev–Trinajstić information content (AvgIpc) is 3.22. The van der Waals surface area contributed by atoms with Gasteiger partial charge in [-0.1, -0.05) is 32.0 Å². The van der Waals surface area contributed by atoms with Crippen molar-refractivity contribution < 1.29 is 35.5 Å². The molecule has 8 heteroatoms. The number of fused-ring (bicyclic) bond motifs is 7. The maximum atomic E-state index is 13.4. The lowest BCUT2D eigenvalue weighted by Crippen LogP contribution is -2.34. The summed E-state index contributed by atoms with van der Waals surface area (Å²) in [6, 6.07) is 20.6. The van der Waals surface area contributed by atoms with Crippen molar-refractivity contribution in [2.75, 3.05) is 0 Å². The third-order valence-electron chi connectivity index (χ3n) is 9.05. The molecule has 0 spiro atoms. The van der Waals surface area contributed by atoms with E-state index in [1.165, 1.54) is 24.3 Å². The van der Waals surface area contributed by atoms with Gasteiger partial charge in [-0.2, -0.15) is 35.5 Å². The summed E-state index contributed by atoms with van der Waals surface area (Å²) in [7, 11) is 0. The summed E-state index contributed by atoms with van der Waals surface area (Å²) in [6.07, 6.45) is -2.90. The van der Waals surface area contributed by atoms with Gasteiger partial charge in [-0.3, -0.25) is 0 Å². The molecule has 226 valence electrons. The normalized spacial score (nSPS) is 14.2. The fourth-order valence-electron chi connectivity index (χ4n) is 6.94. The number of nitrogens with zero attached hydrogens (tertiary/aromatic N) is 2. The van der Waals surface area contributed by atoms with Crippen LogP contribution in [-0.4, -0.2) is 0 Å². The lowest BCUT2D eigenvalue weighted by Gasteiger charge is -2.22. The molecule has 0 aliphatic heterocycles. The van der Waals surface area contributed by atoms with Crippen LogP contribution in [0.3, 0.4) is 0 Å². The number of hydrogen-bond acceptors (Lipinski definition) is 0. The van der Waals surface area contributed by atoms with Crippen LogP contribution in [0.25, 0.3) is 44.2 Å². The zero-order valence-electron chi connectivity index (χ0n) is 24.9. The van der Waals surface area contributed by atoms with E-state index < -0.39 is 28.9 Å². The van der Waals surface area contributed by atoms with Crippen LogP contribution in [0.15, 0.2) is 97.5 Å². The van der Waals surface area contributed by atoms with Crippen LogP contribution in [0, 0.1) is 13.8 Å². The summed E-state index contributed by atoms with van der Waals surface area (Å²) in [5, 5.41) is 3.02. The number of alkyl halides is 6. The molecular formula is C37H28F6N2+2. The Kier molecular flexibility index (Phi) is 6.21. The molecule has 0 bridgehead atoms. The van der Waals surface area contributed by atoms with Crippen LogP contribution in [-0.2, 0) is 17.8 Å². The Morgan fingerprint density at radius 2 is 1.22 bits per heavy atom.